The van der Waals surface area contributed by atoms with E-state index in [9.17, 15) is 0 Å². The van der Waals surface area contributed by atoms with Crippen LogP contribution >= 0.6 is 0 Å². The van der Waals surface area contributed by atoms with Gasteiger partial charge in [-0.15, -0.1) is 27.6 Å². The zero-order valence-corrected chi connectivity index (χ0v) is 26.4. The number of terminal acetylenes is 1. The van der Waals surface area contributed by atoms with Gasteiger partial charge >= 0.3 is 0 Å². The normalized spacial score (nSPS) is 10.7. The van der Waals surface area contributed by atoms with Gasteiger partial charge in [0.2, 0.25) is 0 Å². The maximum Gasteiger partial charge on any atom is 0.0827 e. The summed E-state index contributed by atoms with van der Waals surface area (Å²) < 4.78 is 5.49. The number of rotatable bonds is 13. The first-order chi connectivity index (χ1) is 22.6. The van der Waals surface area contributed by atoms with Gasteiger partial charge in [-0.3, -0.25) is 9.36 Å². The molecular weight excluding hydrogens is 588 g/mol. The van der Waals surface area contributed by atoms with E-state index >= 15 is 0 Å². The van der Waals surface area contributed by atoms with Crippen molar-refractivity contribution in [2.24, 2.45) is 5.11 Å². The Bertz CT molecular complexity index is 1660. The maximum absolute atomic E-state index is 8.11. The van der Waals surface area contributed by atoms with Crippen molar-refractivity contribution >= 4 is 12.2 Å². The van der Waals surface area contributed by atoms with E-state index in [-0.39, 0.29) is 7.43 Å². The molecule has 3 aromatic heterocycles. The van der Waals surface area contributed by atoms with Crippen LogP contribution < -0.4 is 0 Å². The van der Waals surface area contributed by atoms with Crippen LogP contribution in [0.25, 0.3) is 22.6 Å². The highest BCUT2D eigenvalue weighted by Gasteiger charge is 2.02. The van der Waals surface area contributed by atoms with Gasteiger partial charge in [0.15, 0.2) is 0 Å². The van der Waals surface area contributed by atoms with E-state index < -0.39 is 0 Å². The second kappa shape index (κ2) is 22.7. The molecule has 0 saturated carbocycles. The molecule has 0 unspecified atom stereocenters. The number of unbranched alkanes of at least 4 members (excludes halogenated alkanes) is 1. The fraction of sp³-hybridized carbons (Fsp3) is 0.314. The highest BCUT2D eigenvalue weighted by molar-refractivity contribution is 5.52. The minimum Gasteiger partial charge on any atom is -0.253 e. The van der Waals surface area contributed by atoms with Gasteiger partial charge in [-0.2, -0.15) is 0 Å². The summed E-state index contributed by atoms with van der Waals surface area (Å²) in [6, 6.07) is 20.3. The molecule has 3 heterocycles. The van der Waals surface area contributed by atoms with Crippen molar-refractivity contribution in [3.63, 3.8) is 0 Å². The van der Waals surface area contributed by atoms with Crippen LogP contribution in [0.2, 0.25) is 0 Å². The van der Waals surface area contributed by atoms with Crippen LogP contribution in [-0.2, 0) is 26.1 Å². The van der Waals surface area contributed by atoms with Gasteiger partial charge in [0.25, 0.3) is 0 Å². The van der Waals surface area contributed by atoms with Crippen molar-refractivity contribution in [1.29, 1.82) is 0 Å². The van der Waals surface area contributed by atoms with Crippen molar-refractivity contribution in [2.45, 2.75) is 66.6 Å². The fourth-order valence-corrected chi connectivity index (χ4v) is 4.16. The van der Waals surface area contributed by atoms with Crippen LogP contribution in [0.5, 0.6) is 0 Å². The second-order valence-corrected chi connectivity index (χ2v) is 10.3. The lowest BCUT2D eigenvalue weighted by molar-refractivity contribution is 0.555. The lowest BCUT2D eigenvalue weighted by Gasteiger charge is -2.01. The fourth-order valence-electron chi connectivity index (χ4n) is 4.16. The van der Waals surface area contributed by atoms with Crippen LogP contribution in [0, 0.1) is 12.3 Å². The first-order valence-electron chi connectivity index (χ1n) is 15.0. The van der Waals surface area contributed by atoms with Crippen molar-refractivity contribution in [2.75, 3.05) is 6.54 Å². The number of hydrogen-bond acceptors (Lipinski definition) is 7. The standard InChI is InChI=1S/C17H20N6.C10H11N3.C7H9N3.CH4/c1-15(12-16-6-3-2-4-7-16)13-23-14-17(19-21-23)8-5-10-22-11-9-18-20-22;1-9(8-12-13-11)7-10-5-3-2-4-6-10;1-2-3-4-6-10-7-5-8-9-10;/h2-4,6-7,9,11-12,14H,5,8,10,13H2,1H3;2-7H,8H2,1H3;1,5,7H,3-4,6H2;1H4/b15-12+;9-7+;;. The predicted molar refractivity (Wildman–Crippen MR) is 187 cm³/mol. The molecule has 0 saturated heterocycles. The van der Waals surface area contributed by atoms with Gasteiger partial charge in [0.1, 0.15) is 0 Å². The molecule has 47 heavy (non-hydrogen) atoms. The quantitative estimate of drug-likeness (QED) is 0.0437. The van der Waals surface area contributed by atoms with Crippen LogP contribution in [0.4, 0.5) is 0 Å². The first kappa shape index (κ1) is 37.4. The Balaban J connectivity index is 0.000000271. The van der Waals surface area contributed by atoms with E-state index in [2.05, 4.69) is 72.0 Å². The highest BCUT2D eigenvalue weighted by Crippen LogP contribution is 2.09. The molecular formula is C35H44N12. The molecule has 5 aromatic rings. The number of allylic oxidation sites excluding steroid dienone is 1. The van der Waals surface area contributed by atoms with E-state index in [0.717, 1.165) is 62.1 Å². The summed E-state index contributed by atoms with van der Waals surface area (Å²) in [7, 11) is 0. The Hall–Kier alpha value is -5.79. The summed E-state index contributed by atoms with van der Waals surface area (Å²) >= 11 is 0. The monoisotopic (exact) mass is 632 g/mol. The largest absolute Gasteiger partial charge is 0.253 e. The third kappa shape index (κ3) is 16.2. The van der Waals surface area contributed by atoms with Crippen LogP contribution in [0.3, 0.4) is 0 Å². The molecule has 0 aliphatic heterocycles. The molecule has 0 aliphatic carbocycles. The molecule has 5 rings (SSSR count). The van der Waals surface area contributed by atoms with Crippen LogP contribution in [0.1, 0.15) is 57.4 Å². The summed E-state index contributed by atoms with van der Waals surface area (Å²) in [4.78, 5) is 2.70. The molecule has 244 valence electrons. The third-order valence-corrected chi connectivity index (χ3v) is 6.28. The number of hydrogen-bond donors (Lipinski definition) is 0. The summed E-state index contributed by atoms with van der Waals surface area (Å²) in [5, 5.41) is 27.1. The van der Waals surface area contributed by atoms with Gasteiger partial charge in [-0.05, 0) is 49.8 Å². The molecule has 0 radical (unpaired) electrons. The minimum absolute atomic E-state index is 0. The van der Waals surface area contributed by atoms with Crippen LogP contribution in [0.15, 0.2) is 108 Å². The molecule has 0 N–H and O–H groups in total. The maximum atomic E-state index is 8.11. The number of azide groups is 1. The Kier molecular flexibility index (Phi) is 18.0. The molecule has 0 amide bonds. The first-order valence-corrected chi connectivity index (χ1v) is 15.0. The van der Waals surface area contributed by atoms with Crippen molar-refractivity contribution in [1.82, 2.24) is 45.0 Å². The second-order valence-electron chi connectivity index (χ2n) is 10.3. The number of benzene rings is 2. The smallest absolute Gasteiger partial charge is 0.0827 e. The van der Waals surface area contributed by atoms with Gasteiger partial charge in [0, 0.05) is 49.6 Å². The van der Waals surface area contributed by atoms with E-state index in [1.165, 1.54) is 11.1 Å². The van der Waals surface area contributed by atoms with Crippen LogP contribution in [-0.4, -0.2) is 51.5 Å². The molecule has 0 atom stereocenters. The molecule has 0 fully saturated rings. The van der Waals surface area contributed by atoms with Crippen molar-refractivity contribution < 1.29 is 0 Å². The number of aromatic nitrogens is 9. The average molecular weight is 633 g/mol. The third-order valence-electron chi connectivity index (χ3n) is 6.28. The Morgan fingerprint density at radius 3 is 1.94 bits per heavy atom. The molecule has 2 aromatic carbocycles. The van der Waals surface area contributed by atoms with Gasteiger partial charge in [-0.1, -0.05) is 112 Å². The SMILES string of the molecule is C.C#CCCCn1ccnn1.C/C(=C\c1ccccc1)CN=[N+]=[N-].C/C(=C\c1ccccc1)Cn1cc(CCCn2ccnn2)nn1. The number of aryl methyl sites for hydroxylation is 3. The average Bonchev–Trinajstić information content (AvgIpc) is 3.87. The Morgan fingerprint density at radius 1 is 0.830 bits per heavy atom. The predicted octanol–water partition coefficient (Wildman–Crippen LogP) is 7.33. The summed E-state index contributed by atoms with van der Waals surface area (Å²) in [5.74, 6) is 2.57. The summed E-state index contributed by atoms with van der Waals surface area (Å²) in [6.45, 7) is 6.96. The topological polar surface area (TPSA) is 141 Å². The molecule has 12 nitrogen and oxygen atoms in total. The lowest BCUT2D eigenvalue weighted by atomic mass is 10.1. The zero-order chi connectivity index (χ0) is 32.7. The summed E-state index contributed by atoms with van der Waals surface area (Å²) in [6.07, 6.45) is 22.0. The summed E-state index contributed by atoms with van der Waals surface area (Å²) in [5.41, 5.74) is 13.8. The molecule has 12 heteroatoms. The Morgan fingerprint density at radius 2 is 1.40 bits per heavy atom. The molecule has 0 spiro atoms. The van der Waals surface area contributed by atoms with Gasteiger partial charge in [0.05, 0.1) is 24.6 Å². The molecule has 0 aliphatic rings. The van der Waals surface area contributed by atoms with Gasteiger partial charge in [-0.25, -0.2) is 4.68 Å². The minimum atomic E-state index is 0. The van der Waals surface area contributed by atoms with Crippen molar-refractivity contribution in [3.05, 3.63) is 130 Å². The zero-order valence-electron chi connectivity index (χ0n) is 26.4. The highest BCUT2D eigenvalue weighted by atomic mass is 15.4. The van der Waals surface area contributed by atoms with Crippen molar-refractivity contribution in [3.8, 4) is 12.3 Å². The Labute approximate surface area is 277 Å². The number of nitrogens with zero attached hydrogens (tertiary/aromatic N) is 12. The van der Waals surface area contributed by atoms with Gasteiger partial charge < -0.3 is 0 Å². The molecule has 0 bridgehead atoms. The lowest BCUT2D eigenvalue weighted by Crippen LogP contribution is -2.01. The van der Waals surface area contributed by atoms with E-state index in [1.54, 1.807) is 17.1 Å². The van der Waals surface area contributed by atoms with E-state index in [0.29, 0.717) is 6.54 Å². The van der Waals surface area contributed by atoms with E-state index in [4.69, 9.17) is 12.0 Å². The van der Waals surface area contributed by atoms with E-state index in [1.807, 2.05) is 89.5 Å².